The van der Waals surface area contributed by atoms with Gasteiger partial charge in [-0.15, -0.1) is 6.58 Å². The van der Waals surface area contributed by atoms with E-state index in [0.717, 1.165) is 0 Å². The molecular weight excluding hydrogens is 147 g/mol. The molecule has 1 atom stereocenters. The third-order valence-corrected chi connectivity index (χ3v) is 0.798. The number of halogens is 3. The first-order valence-electron chi connectivity index (χ1n) is 2.34. The molecule has 0 fully saturated rings. The Labute approximate surface area is 55.5 Å². The van der Waals surface area contributed by atoms with Gasteiger partial charge in [-0.1, -0.05) is 6.08 Å². The monoisotopic (exact) mass is 152 g/mol. The van der Waals surface area contributed by atoms with E-state index in [9.17, 15) is 18.0 Å². The van der Waals surface area contributed by atoms with Crippen molar-refractivity contribution in [2.24, 2.45) is 0 Å². The summed E-state index contributed by atoms with van der Waals surface area (Å²) < 4.78 is 34.1. The molecule has 0 saturated heterocycles. The zero-order valence-electron chi connectivity index (χ0n) is 4.90. The van der Waals surface area contributed by atoms with Crippen LogP contribution in [0.15, 0.2) is 12.7 Å². The lowest BCUT2D eigenvalue weighted by molar-refractivity contribution is -0.171. The third-order valence-electron chi connectivity index (χ3n) is 0.798. The number of carbonyl (C=O) groups is 1. The van der Waals surface area contributed by atoms with Crippen molar-refractivity contribution in [2.45, 2.75) is 12.2 Å². The van der Waals surface area contributed by atoms with Crippen LogP contribution in [-0.4, -0.2) is 18.0 Å². The predicted octanol–water partition coefficient (Wildman–Crippen LogP) is 0.955. The Kier molecular flexibility index (Phi) is 2.59. The largest absolute Gasteiger partial charge is 0.452 e. The van der Waals surface area contributed by atoms with Crippen LogP contribution in [0.5, 0.6) is 0 Å². The van der Waals surface area contributed by atoms with Gasteiger partial charge in [0.1, 0.15) is 6.04 Å². The summed E-state index contributed by atoms with van der Waals surface area (Å²) >= 11 is 0. The van der Waals surface area contributed by atoms with Crippen molar-refractivity contribution < 1.29 is 18.0 Å². The smallest absolute Gasteiger partial charge is 0.287 e. The van der Waals surface area contributed by atoms with Gasteiger partial charge in [0.05, 0.1) is 0 Å². The molecule has 0 aliphatic heterocycles. The minimum absolute atomic E-state index is 0.635. The van der Waals surface area contributed by atoms with E-state index < -0.39 is 18.0 Å². The van der Waals surface area contributed by atoms with Crippen LogP contribution in [0, 0.1) is 0 Å². The zero-order valence-corrected chi connectivity index (χ0v) is 4.90. The molecule has 0 saturated carbocycles. The van der Waals surface area contributed by atoms with Gasteiger partial charge in [-0.3, -0.25) is 4.79 Å². The highest BCUT2D eigenvalue weighted by Crippen LogP contribution is 2.17. The van der Waals surface area contributed by atoms with E-state index in [1.165, 1.54) is 0 Å². The van der Waals surface area contributed by atoms with E-state index in [2.05, 4.69) is 6.58 Å². The van der Waals surface area contributed by atoms with Gasteiger partial charge >= 0.3 is 6.18 Å². The first kappa shape index (κ1) is 9.16. The molecule has 0 heterocycles. The van der Waals surface area contributed by atoms with Crippen molar-refractivity contribution in [3.05, 3.63) is 12.7 Å². The van der Waals surface area contributed by atoms with Crippen LogP contribution in [0.1, 0.15) is 0 Å². The molecule has 10 heavy (non-hydrogen) atoms. The maximum atomic E-state index is 11.4. The fourth-order valence-corrected chi connectivity index (χ4v) is 0.283. The van der Waals surface area contributed by atoms with Crippen LogP contribution in [-0.2, 0) is 4.79 Å². The molecule has 0 aromatic heterocycles. The second-order valence-electron chi connectivity index (χ2n) is 1.58. The molecule has 5 heteroatoms. The highest BCUT2D eigenvalue weighted by atomic mass is 19.4. The van der Waals surface area contributed by atoms with E-state index >= 15 is 0 Å². The molecule has 0 aliphatic carbocycles. The van der Waals surface area contributed by atoms with Crippen molar-refractivity contribution in [1.82, 2.24) is 5.73 Å². The van der Waals surface area contributed by atoms with Gasteiger partial charge in [0, 0.05) is 0 Å². The summed E-state index contributed by atoms with van der Waals surface area (Å²) in [5.41, 5.74) is 6.49. The lowest BCUT2D eigenvalue weighted by Gasteiger charge is -2.06. The Balaban J connectivity index is 4.22. The molecule has 1 radical (unpaired) electrons. The SMILES string of the molecule is C=CC([NH])C(=O)C(F)(F)F. The summed E-state index contributed by atoms with van der Waals surface area (Å²) in [5.74, 6) is -2.08. The topological polar surface area (TPSA) is 40.9 Å². The summed E-state index contributed by atoms with van der Waals surface area (Å²) in [6.07, 6.45) is -4.28. The number of nitrogens with one attached hydrogen (secondary N) is 1. The van der Waals surface area contributed by atoms with Crippen LogP contribution in [0.2, 0.25) is 0 Å². The van der Waals surface area contributed by atoms with Crippen LogP contribution < -0.4 is 5.73 Å². The quantitative estimate of drug-likeness (QED) is 0.543. The fraction of sp³-hybridized carbons (Fsp3) is 0.400. The van der Waals surface area contributed by atoms with Crippen molar-refractivity contribution in [2.75, 3.05) is 0 Å². The fourth-order valence-electron chi connectivity index (χ4n) is 0.283. The highest BCUT2D eigenvalue weighted by molar-refractivity contribution is 5.90. The molecule has 0 aromatic carbocycles. The Hall–Kier alpha value is -0.840. The van der Waals surface area contributed by atoms with E-state index in [-0.39, 0.29) is 0 Å². The van der Waals surface area contributed by atoms with Gasteiger partial charge in [0.25, 0.3) is 5.78 Å². The third kappa shape index (κ3) is 2.18. The number of hydrogen-bond acceptors (Lipinski definition) is 1. The summed E-state index contributed by atoms with van der Waals surface area (Å²) in [6, 6.07) is -1.89. The Morgan fingerprint density at radius 3 is 2.10 bits per heavy atom. The average molecular weight is 152 g/mol. The Morgan fingerprint density at radius 2 is 2.00 bits per heavy atom. The molecule has 0 aromatic rings. The summed E-state index contributed by atoms with van der Waals surface area (Å²) in [4.78, 5) is 10.0. The lowest BCUT2D eigenvalue weighted by atomic mass is 10.2. The average Bonchev–Trinajstić information content (AvgIpc) is 1.83. The van der Waals surface area contributed by atoms with Gasteiger partial charge < -0.3 is 0 Å². The zero-order chi connectivity index (χ0) is 8.36. The Morgan fingerprint density at radius 1 is 1.60 bits per heavy atom. The first-order valence-corrected chi connectivity index (χ1v) is 2.34. The molecule has 2 nitrogen and oxygen atoms in total. The number of ketones is 1. The summed E-state index contributed by atoms with van der Waals surface area (Å²) in [7, 11) is 0. The molecule has 57 valence electrons. The number of hydrogen-bond donors (Lipinski definition) is 0. The normalized spacial score (nSPS) is 14.4. The molecule has 0 aliphatic rings. The summed E-state index contributed by atoms with van der Waals surface area (Å²) in [6.45, 7) is 2.89. The molecule has 0 amide bonds. The predicted molar refractivity (Wildman–Crippen MR) is 28.1 cm³/mol. The van der Waals surface area contributed by atoms with E-state index in [1.807, 2.05) is 0 Å². The molecule has 1 unspecified atom stereocenters. The highest BCUT2D eigenvalue weighted by Gasteiger charge is 2.41. The number of carbonyl (C=O) groups excluding carboxylic acids is 1. The minimum atomic E-state index is -4.92. The van der Waals surface area contributed by atoms with Crippen LogP contribution in [0.25, 0.3) is 0 Å². The van der Waals surface area contributed by atoms with E-state index in [0.29, 0.717) is 6.08 Å². The van der Waals surface area contributed by atoms with Crippen LogP contribution in [0.4, 0.5) is 13.2 Å². The molecule has 0 bridgehead atoms. The number of rotatable bonds is 2. The summed E-state index contributed by atoms with van der Waals surface area (Å²) in [5, 5.41) is 0. The van der Waals surface area contributed by atoms with Gasteiger partial charge in [-0.2, -0.15) is 13.2 Å². The molecule has 1 N–H and O–H groups in total. The van der Waals surface area contributed by atoms with Crippen LogP contribution in [0.3, 0.4) is 0 Å². The van der Waals surface area contributed by atoms with E-state index in [4.69, 9.17) is 5.73 Å². The van der Waals surface area contributed by atoms with Crippen molar-refractivity contribution in [3.8, 4) is 0 Å². The number of Topliss-reactive ketones (excluding diaryl/α,β-unsaturated/α-hetero) is 1. The van der Waals surface area contributed by atoms with Crippen molar-refractivity contribution >= 4 is 5.78 Å². The second kappa shape index (κ2) is 2.83. The first-order chi connectivity index (χ1) is 4.39. The molecular formula is C5H5F3NO. The van der Waals surface area contributed by atoms with Gasteiger partial charge in [0.15, 0.2) is 0 Å². The van der Waals surface area contributed by atoms with Gasteiger partial charge in [-0.25, -0.2) is 5.73 Å². The minimum Gasteiger partial charge on any atom is -0.287 e. The van der Waals surface area contributed by atoms with Crippen molar-refractivity contribution in [1.29, 1.82) is 0 Å². The van der Waals surface area contributed by atoms with Gasteiger partial charge in [0.2, 0.25) is 0 Å². The van der Waals surface area contributed by atoms with Crippen LogP contribution >= 0.6 is 0 Å². The second-order valence-corrected chi connectivity index (χ2v) is 1.58. The maximum Gasteiger partial charge on any atom is 0.452 e. The van der Waals surface area contributed by atoms with E-state index in [1.54, 1.807) is 0 Å². The van der Waals surface area contributed by atoms with Gasteiger partial charge in [-0.05, 0) is 0 Å². The Bertz CT molecular complexity index is 151. The maximum absolute atomic E-state index is 11.4. The molecule has 0 rings (SSSR count). The standard InChI is InChI=1S/C5H5F3NO/c1-2-3(9)4(10)5(6,7)8/h2-3,9H,1H2. The molecule has 0 spiro atoms. The number of alkyl halides is 3. The lowest BCUT2D eigenvalue weighted by Crippen LogP contribution is -2.33. The van der Waals surface area contributed by atoms with Crippen molar-refractivity contribution in [3.63, 3.8) is 0 Å².